The lowest BCUT2D eigenvalue weighted by Gasteiger charge is -2.10. The quantitative estimate of drug-likeness (QED) is 0.719. The van der Waals surface area contributed by atoms with E-state index in [2.05, 4.69) is 19.1 Å². The van der Waals surface area contributed by atoms with Gasteiger partial charge in [0, 0.05) is 0 Å². The highest BCUT2D eigenvalue weighted by atomic mass is 32.2. The molecule has 0 saturated carbocycles. The first-order valence-corrected chi connectivity index (χ1v) is 7.05. The molecule has 4 heteroatoms. The van der Waals surface area contributed by atoms with E-state index < -0.39 is 10.1 Å². The number of hydrogen-bond donors (Lipinski definition) is 0. The molecule has 0 aliphatic carbocycles. The topological polar surface area (TPSA) is 54.0 Å². The molecule has 0 fully saturated rings. The summed E-state index contributed by atoms with van der Waals surface area (Å²) in [7, 11) is -4.04. The van der Waals surface area contributed by atoms with Crippen LogP contribution in [0.4, 0.5) is 0 Å². The fourth-order valence-electron chi connectivity index (χ4n) is 1.68. The zero-order valence-electron chi connectivity index (χ0n) is 9.43. The molecule has 0 bridgehead atoms. The van der Waals surface area contributed by atoms with Crippen LogP contribution >= 0.6 is 0 Å². The highest BCUT2D eigenvalue weighted by Crippen LogP contribution is 2.20. The second-order valence-corrected chi connectivity index (χ2v) is 5.59. The summed E-state index contributed by atoms with van der Waals surface area (Å²) in [5.74, 6) is 0.171. The molecule has 0 heterocycles. The maximum absolute atomic E-state index is 10.4. The van der Waals surface area contributed by atoms with Crippen LogP contribution in [0.25, 0.3) is 0 Å². The van der Waals surface area contributed by atoms with E-state index in [0.717, 1.165) is 12.8 Å². The van der Waals surface area contributed by atoms with Crippen molar-refractivity contribution in [2.45, 2.75) is 32.1 Å². The fraction of sp³-hybridized carbons (Fsp3) is 0.500. The summed E-state index contributed by atoms with van der Waals surface area (Å²) in [6.07, 6.45) is 2.15. The van der Waals surface area contributed by atoms with Gasteiger partial charge < -0.3 is 0 Å². The molecule has 0 spiro atoms. The van der Waals surface area contributed by atoms with Crippen LogP contribution in [0, 0.1) is 0 Å². The average molecular weight is 241 g/mol. The third kappa shape index (κ3) is 5.28. The van der Waals surface area contributed by atoms with E-state index in [1.165, 1.54) is 5.56 Å². The normalized spacial score (nSPS) is 13.6. The molecule has 0 amide bonds. The third-order valence-electron chi connectivity index (χ3n) is 2.65. The Kier molecular flexibility index (Phi) is 4.96. The van der Waals surface area contributed by atoms with E-state index in [9.17, 15) is 13.0 Å². The molecule has 89 valence electrons. The predicted octanol–water partition coefficient (Wildman–Crippen LogP) is 2.72. The summed E-state index contributed by atoms with van der Waals surface area (Å²) in [5.41, 5.74) is 1.26. The van der Waals surface area contributed by atoms with Gasteiger partial charge in [-0.15, -0.1) is 0 Å². The molecule has 0 aliphatic rings. The van der Waals surface area contributed by atoms with Gasteiger partial charge in [0.05, 0.1) is 5.75 Å². The predicted molar refractivity (Wildman–Crippen MR) is 63.2 cm³/mol. The Morgan fingerprint density at radius 3 is 2.31 bits per heavy atom. The zero-order chi connectivity index (χ0) is 12.0. The molecule has 1 rings (SSSR count). The van der Waals surface area contributed by atoms with Crippen LogP contribution < -0.4 is 0 Å². The van der Waals surface area contributed by atoms with Crippen molar-refractivity contribution in [3.63, 3.8) is 0 Å². The summed E-state index contributed by atoms with van der Waals surface area (Å²) in [6, 6.07) is 10.1. The van der Waals surface area contributed by atoms with Crippen molar-refractivity contribution in [3.05, 3.63) is 35.9 Å². The Balaban J connectivity index is 2.29. The summed E-state index contributed by atoms with van der Waals surface area (Å²) in [6.45, 7) is 2.11. The molecule has 1 atom stereocenters. The fourth-order valence-corrected chi connectivity index (χ4v) is 2.24. The van der Waals surface area contributed by atoms with Gasteiger partial charge in [0.15, 0.2) is 0 Å². The first-order valence-electron chi connectivity index (χ1n) is 5.47. The lowest BCUT2D eigenvalue weighted by molar-refractivity contribution is 0.411. The molecule has 0 aliphatic heterocycles. The molecule has 1 aromatic rings. The van der Waals surface area contributed by atoms with Crippen LogP contribution in [0.2, 0.25) is 0 Å². The first-order chi connectivity index (χ1) is 7.49. The number of rotatable bonds is 6. The van der Waals surface area contributed by atoms with Gasteiger partial charge in [-0.3, -0.25) is 0 Å². The molecule has 1 unspecified atom stereocenters. The van der Waals surface area contributed by atoms with Crippen LogP contribution in [0.1, 0.15) is 37.7 Å². The Bertz CT molecular complexity index is 398. The minimum atomic E-state index is -4.04. The van der Waals surface area contributed by atoms with E-state index in [1.54, 1.807) is 0 Å². The molecule has 1 radical (unpaired) electrons. The molecule has 0 N–H and O–H groups in total. The maximum Gasteiger partial charge on any atom is 0.294 e. The summed E-state index contributed by atoms with van der Waals surface area (Å²) in [4.78, 5) is 0. The van der Waals surface area contributed by atoms with Crippen molar-refractivity contribution >= 4 is 10.1 Å². The SMILES string of the molecule is CC(CCCCS([O])(=O)=O)c1ccccc1. The van der Waals surface area contributed by atoms with Crippen molar-refractivity contribution in [1.82, 2.24) is 0 Å². The minimum Gasteiger partial charge on any atom is -0.197 e. The number of benzene rings is 1. The minimum absolute atomic E-state index is 0.242. The van der Waals surface area contributed by atoms with E-state index in [1.807, 2.05) is 18.2 Å². The summed E-state index contributed by atoms with van der Waals surface area (Å²) < 4.78 is 31.2. The van der Waals surface area contributed by atoms with E-state index in [4.69, 9.17) is 0 Å². The Morgan fingerprint density at radius 2 is 1.75 bits per heavy atom. The molecular formula is C12H17O3S. The van der Waals surface area contributed by atoms with Gasteiger partial charge in [0.2, 0.25) is 0 Å². The van der Waals surface area contributed by atoms with Gasteiger partial charge in [-0.2, -0.15) is 8.42 Å². The Hall–Kier alpha value is -0.870. The van der Waals surface area contributed by atoms with Crippen molar-refractivity contribution in [1.29, 1.82) is 0 Å². The van der Waals surface area contributed by atoms with Crippen LogP contribution in [-0.2, 0) is 14.7 Å². The van der Waals surface area contributed by atoms with Crippen LogP contribution in [0.5, 0.6) is 0 Å². The lowest BCUT2D eigenvalue weighted by atomic mass is 9.96. The van der Waals surface area contributed by atoms with Crippen molar-refractivity contribution in [2.75, 3.05) is 5.75 Å². The second kappa shape index (κ2) is 6.01. The van der Waals surface area contributed by atoms with Gasteiger partial charge in [0.25, 0.3) is 10.1 Å². The molecule has 3 nitrogen and oxygen atoms in total. The first kappa shape index (κ1) is 13.2. The van der Waals surface area contributed by atoms with Gasteiger partial charge in [-0.25, -0.2) is 0 Å². The smallest absolute Gasteiger partial charge is 0.197 e. The third-order valence-corrected chi connectivity index (χ3v) is 3.44. The highest BCUT2D eigenvalue weighted by Gasteiger charge is 2.08. The van der Waals surface area contributed by atoms with E-state index >= 15 is 0 Å². The summed E-state index contributed by atoms with van der Waals surface area (Å²) >= 11 is 0. The van der Waals surface area contributed by atoms with Crippen LogP contribution in [-0.4, -0.2) is 14.2 Å². The maximum atomic E-state index is 10.4. The van der Waals surface area contributed by atoms with Crippen LogP contribution in [0.3, 0.4) is 0 Å². The highest BCUT2D eigenvalue weighted by molar-refractivity contribution is 7.85. The second-order valence-electron chi connectivity index (χ2n) is 4.07. The number of unbranched alkanes of at least 4 members (excludes halogenated alkanes) is 1. The van der Waals surface area contributed by atoms with Crippen LogP contribution in [0.15, 0.2) is 30.3 Å². The largest absolute Gasteiger partial charge is 0.294 e. The van der Waals surface area contributed by atoms with E-state index in [0.29, 0.717) is 12.3 Å². The average Bonchev–Trinajstić information content (AvgIpc) is 2.24. The molecule has 0 aromatic heterocycles. The summed E-state index contributed by atoms with van der Waals surface area (Å²) in [5, 5.41) is 0. The molecular weight excluding hydrogens is 224 g/mol. The van der Waals surface area contributed by atoms with Crippen molar-refractivity contribution < 1.29 is 13.0 Å². The lowest BCUT2D eigenvalue weighted by Crippen LogP contribution is -2.02. The standard InChI is InChI=1S/C12H17O3S/c1-11(12-8-3-2-4-9-12)7-5-6-10-16(13,14)15/h2-4,8-9,11H,5-7,10H2,1H3. The van der Waals surface area contributed by atoms with Crippen molar-refractivity contribution in [2.24, 2.45) is 0 Å². The Morgan fingerprint density at radius 1 is 1.12 bits per heavy atom. The number of hydrogen-bond acceptors (Lipinski definition) is 2. The van der Waals surface area contributed by atoms with Crippen molar-refractivity contribution in [3.8, 4) is 0 Å². The van der Waals surface area contributed by atoms with Gasteiger partial charge >= 0.3 is 0 Å². The van der Waals surface area contributed by atoms with Gasteiger partial charge in [-0.05, 0) is 24.3 Å². The molecule has 1 aromatic carbocycles. The molecule has 16 heavy (non-hydrogen) atoms. The monoisotopic (exact) mass is 241 g/mol. The molecule has 0 saturated heterocycles. The Labute approximate surface area is 97.2 Å². The zero-order valence-corrected chi connectivity index (χ0v) is 10.2. The van der Waals surface area contributed by atoms with Gasteiger partial charge in [0.1, 0.15) is 0 Å². The van der Waals surface area contributed by atoms with Gasteiger partial charge in [-0.1, -0.05) is 48.2 Å². The van der Waals surface area contributed by atoms with E-state index in [-0.39, 0.29) is 5.75 Å².